The standard InChI is InChI=1S/C14H14N6O2S/c1-2-22-14(21)19-18-11-9-12(20-7-4-6-15-20)17-13(16-11)10-5-3-8-23-10/h3-9H,2H2,1H3,(H,19,21)(H,16,17,18). The Morgan fingerprint density at radius 3 is 3.00 bits per heavy atom. The Hall–Kier alpha value is -2.94. The number of amides is 1. The summed E-state index contributed by atoms with van der Waals surface area (Å²) in [5.41, 5.74) is 5.14. The van der Waals surface area contributed by atoms with Gasteiger partial charge in [-0.2, -0.15) is 5.10 Å². The van der Waals surface area contributed by atoms with Gasteiger partial charge in [-0.05, 0) is 24.4 Å². The van der Waals surface area contributed by atoms with Crippen LogP contribution in [-0.4, -0.2) is 32.4 Å². The minimum atomic E-state index is -0.579. The lowest BCUT2D eigenvalue weighted by Gasteiger charge is -2.10. The molecular formula is C14H14N6O2S. The third-order valence-electron chi connectivity index (χ3n) is 2.76. The number of hydrazine groups is 1. The molecule has 0 aliphatic carbocycles. The minimum absolute atomic E-state index is 0.288. The molecule has 2 N–H and O–H groups in total. The summed E-state index contributed by atoms with van der Waals surface area (Å²) in [5, 5.41) is 6.11. The average Bonchev–Trinajstić information content (AvgIpc) is 3.26. The van der Waals surface area contributed by atoms with Crippen molar-refractivity contribution in [2.75, 3.05) is 12.0 Å². The molecule has 0 aliphatic heterocycles. The zero-order valence-electron chi connectivity index (χ0n) is 12.3. The first kappa shape index (κ1) is 15.0. The van der Waals surface area contributed by atoms with Crippen LogP contribution < -0.4 is 10.9 Å². The Morgan fingerprint density at radius 2 is 2.30 bits per heavy atom. The summed E-state index contributed by atoms with van der Waals surface area (Å²) in [4.78, 5) is 21.2. The van der Waals surface area contributed by atoms with Gasteiger partial charge in [-0.3, -0.25) is 5.43 Å². The van der Waals surface area contributed by atoms with Crippen LogP contribution in [0.1, 0.15) is 6.92 Å². The number of aromatic nitrogens is 4. The summed E-state index contributed by atoms with van der Waals surface area (Å²) in [5.74, 6) is 1.56. The summed E-state index contributed by atoms with van der Waals surface area (Å²) in [6.45, 7) is 2.02. The molecule has 9 heteroatoms. The second-order valence-corrected chi connectivity index (χ2v) is 5.28. The van der Waals surface area contributed by atoms with Crippen LogP contribution in [0.2, 0.25) is 0 Å². The van der Waals surface area contributed by atoms with Crippen molar-refractivity contribution in [3.63, 3.8) is 0 Å². The molecule has 0 aromatic carbocycles. The maximum absolute atomic E-state index is 11.4. The Morgan fingerprint density at radius 1 is 1.39 bits per heavy atom. The molecule has 0 bridgehead atoms. The first-order valence-corrected chi connectivity index (χ1v) is 7.76. The van der Waals surface area contributed by atoms with Crippen LogP contribution in [0, 0.1) is 0 Å². The SMILES string of the molecule is CCOC(=O)NNc1cc(-n2cccn2)nc(-c2cccs2)n1. The predicted octanol–water partition coefficient (Wildman–Crippen LogP) is 2.46. The molecule has 23 heavy (non-hydrogen) atoms. The normalized spacial score (nSPS) is 10.3. The number of thiophene rings is 1. The van der Waals surface area contributed by atoms with Gasteiger partial charge >= 0.3 is 6.09 Å². The zero-order chi connectivity index (χ0) is 16.1. The molecule has 0 saturated heterocycles. The molecule has 1 amide bonds. The van der Waals surface area contributed by atoms with Crippen molar-refractivity contribution in [1.82, 2.24) is 25.2 Å². The highest BCUT2D eigenvalue weighted by Crippen LogP contribution is 2.23. The fraction of sp³-hybridized carbons (Fsp3) is 0.143. The van der Waals surface area contributed by atoms with Gasteiger partial charge < -0.3 is 4.74 Å². The van der Waals surface area contributed by atoms with E-state index in [0.717, 1.165) is 4.88 Å². The van der Waals surface area contributed by atoms with E-state index >= 15 is 0 Å². The van der Waals surface area contributed by atoms with Crippen molar-refractivity contribution in [2.24, 2.45) is 0 Å². The van der Waals surface area contributed by atoms with Crippen molar-refractivity contribution in [1.29, 1.82) is 0 Å². The fourth-order valence-corrected chi connectivity index (χ4v) is 2.48. The Balaban J connectivity index is 1.90. The molecule has 8 nitrogen and oxygen atoms in total. The molecule has 3 heterocycles. The highest BCUT2D eigenvalue weighted by Gasteiger charge is 2.10. The van der Waals surface area contributed by atoms with Crippen molar-refractivity contribution in [3.05, 3.63) is 42.0 Å². The monoisotopic (exact) mass is 330 g/mol. The van der Waals surface area contributed by atoms with Gasteiger partial charge in [0.05, 0.1) is 11.5 Å². The lowest BCUT2D eigenvalue weighted by atomic mass is 10.4. The van der Waals surface area contributed by atoms with E-state index in [-0.39, 0.29) is 6.61 Å². The number of anilines is 1. The number of nitrogens with one attached hydrogen (secondary N) is 2. The van der Waals surface area contributed by atoms with Crippen molar-refractivity contribution < 1.29 is 9.53 Å². The highest BCUT2D eigenvalue weighted by atomic mass is 32.1. The van der Waals surface area contributed by atoms with Crippen LogP contribution in [0.3, 0.4) is 0 Å². The number of carbonyl (C=O) groups excluding carboxylic acids is 1. The highest BCUT2D eigenvalue weighted by molar-refractivity contribution is 7.13. The number of hydrogen-bond donors (Lipinski definition) is 2. The predicted molar refractivity (Wildman–Crippen MR) is 86.2 cm³/mol. The molecule has 0 unspecified atom stereocenters. The summed E-state index contributed by atoms with van der Waals surface area (Å²) in [6, 6.07) is 7.33. The van der Waals surface area contributed by atoms with Gasteiger partial charge in [0.1, 0.15) is 0 Å². The Labute approximate surface area is 136 Å². The second kappa shape index (κ2) is 6.88. The number of hydrogen-bond acceptors (Lipinski definition) is 7. The maximum atomic E-state index is 11.4. The summed E-state index contributed by atoms with van der Waals surface area (Å²) in [6.07, 6.45) is 2.87. The van der Waals surface area contributed by atoms with E-state index in [4.69, 9.17) is 4.74 Å². The third-order valence-corrected chi connectivity index (χ3v) is 3.63. The van der Waals surface area contributed by atoms with E-state index in [9.17, 15) is 4.79 Å². The van der Waals surface area contributed by atoms with Gasteiger partial charge in [0.25, 0.3) is 0 Å². The summed E-state index contributed by atoms with van der Waals surface area (Å²) in [7, 11) is 0. The topological polar surface area (TPSA) is 94.0 Å². The maximum Gasteiger partial charge on any atom is 0.425 e. The van der Waals surface area contributed by atoms with Crippen LogP contribution in [0.25, 0.3) is 16.5 Å². The van der Waals surface area contributed by atoms with Crippen molar-refractivity contribution in [2.45, 2.75) is 6.92 Å². The van der Waals surface area contributed by atoms with Gasteiger partial charge in [-0.15, -0.1) is 11.3 Å². The zero-order valence-corrected chi connectivity index (χ0v) is 13.1. The smallest absolute Gasteiger partial charge is 0.425 e. The van der Waals surface area contributed by atoms with E-state index in [1.54, 1.807) is 36.1 Å². The van der Waals surface area contributed by atoms with Gasteiger partial charge in [-0.25, -0.2) is 24.9 Å². The van der Waals surface area contributed by atoms with E-state index in [1.165, 1.54) is 11.3 Å². The number of nitrogens with zero attached hydrogens (tertiary/aromatic N) is 4. The second-order valence-electron chi connectivity index (χ2n) is 4.33. The van der Waals surface area contributed by atoms with E-state index in [1.807, 2.05) is 17.5 Å². The number of carbonyl (C=O) groups is 1. The van der Waals surface area contributed by atoms with E-state index in [2.05, 4.69) is 25.9 Å². The average molecular weight is 330 g/mol. The van der Waals surface area contributed by atoms with Crippen LogP contribution in [-0.2, 0) is 4.74 Å². The van der Waals surface area contributed by atoms with E-state index in [0.29, 0.717) is 17.5 Å². The third kappa shape index (κ3) is 3.64. The molecule has 0 radical (unpaired) electrons. The number of ether oxygens (including phenoxy) is 1. The van der Waals surface area contributed by atoms with Gasteiger partial charge in [0.2, 0.25) is 0 Å². The quantitative estimate of drug-likeness (QED) is 0.698. The molecular weight excluding hydrogens is 316 g/mol. The van der Waals surface area contributed by atoms with Crippen LogP contribution >= 0.6 is 11.3 Å². The van der Waals surface area contributed by atoms with Gasteiger partial charge in [-0.1, -0.05) is 6.07 Å². The van der Waals surface area contributed by atoms with Crippen LogP contribution in [0.5, 0.6) is 0 Å². The largest absolute Gasteiger partial charge is 0.449 e. The Kier molecular flexibility index (Phi) is 4.48. The number of rotatable bonds is 5. The van der Waals surface area contributed by atoms with Crippen LogP contribution in [0.4, 0.5) is 10.6 Å². The van der Waals surface area contributed by atoms with Gasteiger partial charge in [0, 0.05) is 18.5 Å². The minimum Gasteiger partial charge on any atom is -0.449 e. The molecule has 0 fully saturated rings. The molecule has 3 aromatic heterocycles. The first-order chi connectivity index (χ1) is 11.3. The van der Waals surface area contributed by atoms with Crippen LogP contribution in [0.15, 0.2) is 42.0 Å². The molecule has 3 rings (SSSR count). The fourth-order valence-electron chi connectivity index (χ4n) is 1.82. The molecule has 3 aromatic rings. The van der Waals surface area contributed by atoms with E-state index < -0.39 is 6.09 Å². The lowest BCUT2D eigenvalue weighted by molar-refractivity contribution is 0.154. The summed E-state index contributed by atoms with van der Waals surface area (Å²) < 4.78 is 6.42. The summed E-state index contributed by atoms with van der Waals surface area (Å²) >= 11 is 1.53. The molecule has 0 aliphatic rings. The molecule has 118 valence electrons. The lowest BCUT2D eigenvalue weighted by Crippen LogP contribution is -2.30. The van der Waals surface area contributed by atoms with Gasteiger partial charge in [0.15, 0.2) is 17.5 Å². The Bertz CT molecular complexity index is 720. The van der Waals surface area contributed by atoms with Crippen molar-refractivity contribution in [3.8, 4) is 16.5 Å². The molecule has 0 atom stereocenters. The van der Waals surface area contributed by atoms with Crippen molar-refractivity contribution >= 4 is 23.2 Å². The molecule has 0 saturated carbocycles. The molecule has 0 spiro atoms. The first-order valence-electron chi connectivity index (χ1n) is 6.88.